The Morgan fingerprint density at radius 2 is 2.10 bits per heavy atom. The Kier molecular flexibility index (Phi) is 6.19. The number of H-pyrrole nitrogens is 1. The number of amides is 1. The van der Waals surface area contributed by atoms with Gasteiger partial charge in [0.2, 0.25) is 15.9 Å². The molecule has 0 aromatic carbocycles. The molecule has 2 aliphatic rings. The van der Waals surface area contributed by atoms with Crippen molar-refractivity contribution in [3.05, 3.63) is 57.5 Å². The number of likely N-dealkylation sites (tertiary alicyclic amines) is 1. The minimum Gasteiger partial charge on any atom is -0.332 e. The minimum absolute atomic E-state index is 0.00116. The van der Waals surface area contributed by atoms with Crippen molar-refractivity contribution in [2.75, 3.05) is 18.8 Å². The smallest absolute Gasteiger partial charge is 0.255 e. The van der Waals surface area contributed by atoms with E-state index in [1.54, 1.807) is 18.0 Å². The summed E-state index contributed by atoms with van der Waals surface area (Å²) in [7, 11) is -3.37. The van der Waals surface area contributed by atoms with E-state index in [4.69, 9.17) is 4.98 Å². The lowest BCUT2D eigenvalue weighted by Gasteiger charge is -2.35. The fourth-order valence-corrected chi connectivity index (χ4v) is 5.33. The highest BCUT2D eigenvalue weighted by molar-refractivity contribution is 7.89. The van der Waals surface area contributed by atoms with Crippen LogP contribution < -0.4 is 5.56 Å². The topological polar surface area (TPSA) is 116 Å². The van der Waals surface area contributed by atoms with Crippen molar-refractivity contribution < 1.29 is 13.2 Å². The van der Waals surface area contributed by atoms with Gasteiger partial charge >= 0.3 is 0 Å². The first-order chi connectivity index (χ1) is 14.9. The molecule has 0 aliphatic carbocycles. The molecule has 0 spiro atoms. The summed E-state index contributed by atoms with van der Waals surface area (Å²) in [5.41, 5.74) is 1.41. The summed E-state index contributed by atoms with van der Waals surface area (Å²) < 4.78 is 25.7. The molecule has 166 valence electrons. The van der Waals surface area contributed by atoms with Gasteiger partial charge in [0.25, 0.3) is 5.56 Å². The van der Waals surface area contributed by atoms with Crippen molar-refractivity contribution in [3.63, 3.8) is 0 Å². The van der Waals surface area contributed by atoms with E-state index in [1.807, 2.05) is 18.2 Å². The molecule has 0 unspecified atom stereocenters. The first-order valence-electron chi connectivity index (χ1n) is 10.7. The Morgan fingerprint density at radius 3 is 2.84 bits per heavy atom. The molecule has 1 fully saturated rings. The first-order valence-corrected chi connectivity index (χ1v) is 12.3. The lowest BCUT2D eigenvalue weighted by molar-refractivity contribution is -0.134. The third kappa shape index (κ3) is 4.54. The van der Waals surface area contributed by atoms with Crippen molar-refractivity contribution in [1.29, 1.82) is 0 Å². The van der Waals surface area contributed by atoms with E-state index in [-0.39, 0.29) is 36.2 Å². The van der Waals surface area contributed by atoms with Gasteiger partial charge in [-0.15, -0.1) is 0 Å². The van der Waals surface area contributed by atoms with Crippen LogP contribution in [0.1, 0.15) is 55.0 Å². The number of nitrogens with zero attached hydrogens (tertiary/aromatic N) is 4. The number of pyridine rings is 1. The molecule has 1 atom stereocenters. The van der Waals surface area contributed by atoms with Crippen LogP contribution in [0.2, 0.25) is 0 Å². The fourth-order valence-electron chi connectivity index (χ4n) is 4.27. The van der Waals surface area contributed by atoms with E-state index >= 15 is 0 Å². The van der Waals surface area contributed by atoms with Gasteiger partial charge in [0.05, 0.1) is 29.5 Å². The first kappa shape index (κ1) is 21.6. The molecule has 1 amide bonds. The number of piperidine rings is 1. The second kappa shape index (κ2) is 8.88. The highest BCUT2D eigenvalue weighted by Crippen LogP contribution is 2.30. The molecule has 31 heavy (non-hydrogen) atoms. The number of carbonyl (C=O) groups excluding carboxylic acids is 1. The molecule has 4 rings (SSSR count). The van der Waals surface area contributed by atoms with E-state index < -0.39 is 10.0 Å². The average Bonchev–Trinajstić information content (AvgIpc) is 2.79. The molecule has 2 aromatic rings. The molecule has 1 N–H and O–H groups in total. The monoisotopic (exact) mass is 445 g/mol. The van der Waals surface area contributed by atoms with Crippen LogP contribution in [0.15, 0.2) is 29.2 Å². The highest BCUT2D eigenvalue weighted by atomic mass is 32.2. The number of carbonyl (C=O) groups is 1. The number of nitrogens with one attached hydrogen (secondary N) is 1. The molecular formula is C21H27N5O4S. The normalized spacial score (nSPS) is 19.8. The molecule has 0 saturated carbocycles. The van der Waals surface area contributed by atoms with Crippen LogP contribution in [0.3, 0.4) is 0 Å². The van der Waals surface area contributed by atoms with Crippen molar-refractivity contribution in [1.82, 2.24) is 24.2 Å². The van der Waals surface area contributed by atoms with Crippen LogP contribution >= 0.6 is 0 Å². The van der Waals surface area contributed by atoms with Gasteiger partial charge in [-0.25, -0.2) is 13.4 Å². The van der Waals surface area contributed by atoms with Gasteiger partial charge in [-0.05, 0) is 38.3 Å². The maximum atomic E-state index is 13.0. The average molecular weight is 446 g/mol. The van der Waals surface area contributed by atoms with Crippen molar-refractivity contribution in [2.24, 2.45) is 0 Å². The quantitative estimate of drug-likeness (QED) is 0.738. The molecule has 0 radical (unpaired) electrons. The maximum absolute atomic E-state index is 13.0. The van der Waals surface area contributed by atoms with Crippen molar-refractivity contribution in [2.45, 2.75) is 51.6 Å². The number of hydrogen-bond donors (Lipinski definition) is 1. The van der Waals surface area contributed by atoms with Crippen molar-refractivity contribution in [3.8, 4) is 0 Å². The Morgan fingerprint density at radius 1 is 1.26 bits per heavy atom. The zero-order chi connectivity index (χ0) is 22.0. The molecular weight excluding hydrogens is 418 g/mol. The van der Waals surface area contributed by atoms with Crippen LogP contribution in [-0.4, -0.2) is 57.3 Å². The Bertz CT molecular complexity index is 1120. The van der Waals surface area contributed by atoms with E-state index in [0.717, 1.165) is 19.3 Å². The van der Waals surface area contributed by atoms with E-state index in [0.29, 0.717) is 42.3 Å². The predicted molar refractivity (Wildman–Crippen MR) is 115 cm³/mol. The van der Waals surface area contributed by atoms with Crippen LogP contribution in [0.4, 0.5) is 0 Å². The van der Waals surface area contributed by atoms with Crippen LogP contribution in [0, 0.1) is 0 Å². The minimum atomic E-state index is -3.37. The SMILES string of the molecule is CCS(=O)(=O)N1CCc2nc([C@H]3CCCCN3C(=O)Cc3ccccn3)[nH]c(=O)c2C1. The van der Waals surface area contributed by atoms with Crippen LogP contribution in [-0.2, 0) is 34.2 Å². The molecule has 9 nitrogen and oxygen atoms in total. The fraction of sp³-hybridized carbons (Fsp3) is 0.524. The second-order valence-electron chi connectivity index (χ2n) is 7.96. The molecule has 1 saturated heterocycles. The van der Waals surface area contributed by atoms with E-state index in [1.165, 1.54) is 4.31 Å². The van der Waals surface area contributed by atoms with Gasteiger partial charge in [0.15, 0.2) is 0 Å². The summed E-state index contributed by atoms with van der Waals surface area (Å²) >= 11 is 0. The highest BCUT2D eigenvalue weighted by Gasteiger charge is 2.33. The molecule has 2 aliphatic heterocycles. The summed E-state index contributed by atoms with van der Waals surface area (Å²) in [6.45, 7) is 2.56. The Labute approximate surface area is 181 Å². The number of fused-ring (bicyclic) bond motifs is 1. The third-order valence-electron chi connectivity index (χ3n) is 6.01. The van der Waals surface area contributed by atoms with E-state index in [2.05, 4.69) is 9.97 Å². The van der Waals surface area contributed by atoms with Gasteiger partial charge in [-0.2, -0.15) is 4.31 Å². The van der Waals surface area contributed by atoms with Gasteiger partial charge in [0.1, 0.15) is 5.82 Å². The van der Waals surface area contributed by atoms with Crippen LogP contribution in [0.5, 0.6) is 0 Å². The van der Waals surface area contributed by atoms with Gasteiger partial charge in [0, 0.05) is 37.9 Å². The number of aromatic amines is 1. The van der Waals surface area contributed by atoms with Gasteiger partial charge in [-0.3, -0.25) is 14.6 Å². The summed E-state index contributed by atoms with van der Waals surface area (Å²) in [4.78, 5) is 39.4. The zero-order valence-electron chi connectivity index (χ0n) is 17.6. The number of sulfonamides is 1. The summed E-state index contributed by atoms with van der Waals surface area (Å²) in [5.74, 6) is 0.454. The lowest BCUT2D eigenvalue weighted by atomic mass is 9.99. The van der Waals surface area contributed by atoms with Gasteiger partial charge in [-0.1, -0.05) is 6.07 Å². The van der Waals surface area contributed by atoms with Crippen LogP contribution in [0.25, 0.3) is 0 Å². The lowest BCUT2D eigenvalue weighted by Crippen LogP contribution is -2.43. The van der Waals surface area contributed by atoms with E-state index in [9.17, 15) is 18.0 Å². The largest absolute Gasteiger partial charge is 0.332 e. The number of hydrogen-bond acceptors (Lipinski definition) is 6. The number of aromatic nitrogens is 3. The molecule has 2 aromatic heterocycles. The van der Waals surface area contributed by atoms with Gasteiger partial charge < -0.3 is 9.88 Å². The second-order valence-corrected chi connectivity index (χ2v) is 10.2. The Hall–Kier alpha value is -2.59. The summed E-state index contributed by atoms with van der Waals surface area (Å²) in [5, 5.41) is 0. The third-order valence-corrected chi connectivity index (χ3v) is 7.84. The van der Waals surface area contributed by atoms with Crippen molar-refractivity contribution >= 4 is 15.9 Å². The molecule has 0 bridgehead atoms. The summed E-state index contributed by atoms with van der Waals surface area (Å²) in [6, 6.07) is 5.20. The summed E-state index contributed by atoms with van der Waals surface area (Å²) in [6.07, 6.45) is 4.84. The Balaban J connectivity index is 1.59. The molecule has 4 heterocycles. The zero-order valence-corrected chi connectivity index (χ0v) is 18.4. The predicted octanol–water partition coefficient (Wildman–Crippen LogP) is 1.17. The number of rotatable bonds is 5. The molecule has 10 heteroatoms. The maximum Gasteiger partial charge on any atom is 0.255 e. The standard InChI is InChI=1S/C21H27N5O4S/c1-2-31(29,30)25-12-9-17-16(14-25)21(28)24-20(23-17)18-8-4-6-11-26(18)19(27)13-15-7-3-5-10-22-15/h3,5,7,10,18H,2,4,6,8-9,11-14H2,1H3,(H,23,24,28)/t18-/m1/s1.